The molecule has 0 aliphatic carbocycles. The minimum Gasteiger partial charge on any atom is -0.490 e. The monoisotopic (exact) mass is 365 g/mol. The summed E-state index contributed by atoms with van der Waals surface area (Å²) in [6.07, 6.45) is 6.34. The number of aromatic nitrogens is 2. The Bertz CT molecular complexity index is 833. The highest BCUT2D eigenvalue weighted by Gasteiger charge is 2.05. The molecule has 2 aromatic carbocycles. The lowest BCUT2D eigenvalue weighted by atomic mass is 10.2. The van der Waals surface area contributed by atoms with E-state index in [-0.39, 0.29) is 0 Å². The number of anilines is 1. The lowest BCUT2D eigenvalue weighted by Gasteiger charge is -2.13. The van der Waals surface area contributed by atoms with E-state index in [1.807, 2.05) is 48.5 Å². The van der Waals surface area contributed by atoms with Crippen LogP contribution < -0.4 is 14.8 Å². The van der Waals surface area contributed by atoms with Crippen molar-refractivity contribution in [3.8, 4) is 11.5 Å². The Morgan fingerprint density at radius 3 is 2.37 bits per heavy atom. The Labute approximate surface area is 160 Å². The third-order valence-corrected chi connectivity index (χ3v) is 4.30. The third-order valence-electron chi connectivity index (χ3n) is 4.30. The van der Waals surface area contributed by atoms with Crippen LogP contribution in [0.25, 0.3) is 10.9 Å². The minimum atomic E-state index is 0.522. The van der Waals surface area contributed by atoms with E-state index in [0.29, 0.717) is 13.2 Å². The van der Waals surface area contributed by atoms with Gasteiger partial charge in [-0.3, -0.25) is 0 Å². The number of fused-ring (bicyclic) bond motifs is 1. The Morgan fingerprint density at radius 2 is 1.56 bits per heavy atom. The molecule has 0 aliphatic rings. The molecule has 0 aliphatic heterocycles. The first kappa shape index (κ1) is 19.0. The summed E-state index contributed by atoms with van der Waals surface area (Å²) in [6.45, 7) is 4.11. The van der Waals surface area contributed by atoms with Gasteiger partial charge < -0.3 is 14.8 Å². The van der Waals surface area contributed by atoms with Gasteiger partial charge in [-0.15, -0.1) is 0 Å². The maximum absolute atomic E-state index is 5.92. The van der Waals surface area contributed by atoms with Crippen molar-refractivity contribution in [3.63, 3.8) is 0 Å². The molecule has 0 bridgehead atoms. The topological polar surface area (TPSA) is 56.3 Å². The molecule has 3 aromatic rings. The van der Waals surface area contributed by atoms with Gasteiger partial charge in [-0.05, 0) is 30.7 Å². The van der Waals surface area contributed by atoms with Crippen molar-refractivity contribution in [1.82, 2.24) is 9.97 Å². The van der Waals surface area contributed by atoms with E-state index in [4.69, 9.17) is 9.47 Å². The van der Waals surface area contributed by atoms with Crippen LogP contribution in [-0.4, -0.2) is 29.7 Å². The number of hydrogen-bond donors (Lipinski definition) is 1. The number of nitrogens with one attached hydrogen (secondary N) is 1. The van der Waals surface area contributed by atoms with Crippen LogP contribution in [0.4, 0.5) is 5.82 Å². The molecule has 0 amide bonds. The first-order chi connectivity index (χ1) is 13.4. The molecule has 27 heavy (non-hydrogen) atoms. The van der Waals surface area contributed by atoms with E-state index < -0.39 is 0 Å². The van der Waals surface area contributed by atoms with Gasteiger partial charge in [0.1, 0.15) is 18.8 Å². The van der Waals surface area contributed by atoms with Gasteiger partial charge in [0.15, 0.2) is 11.5 Å². The molecule has 0 saturated heterocycles. The first-order valence-electron chi connectivity index (χ1n) is 9.66. The number of hydrogen-bond acceptors (Lipinski definition) is 5. The zero-order chi connectivity index (χ0) is 18.7. The Hall–Kier alpha value is -2.82. The number of nitrogens with zero attached hydrogens (tertiary/aromatic N) is 2. The molecule has 142 valence electrons. The highest BCUT2D eigenvalue weighted by molar-refractivity contribution is 5.88. The van der Waals surface area contributed by atoms with Crippen molar-refractivity contribution in [2.45, 2.75) is 32.6 Å². The lowest BCUT2D eigenvalue weighted by Crippen LogP contribution is -2.13. The second-order valence-electron chi connectivity index (χ2n) is 6.37. The van der Waals surface area contributed by atoms with Crippen LogP contribution in [0.3, 0.4) is 0 Å². The molecule has 1 heterocycles. The summed E-state index contributed by atoms with van der Waals surface area (Å²) in [7, 11) is 0. The van der Waals surface area contributed by atoms with Gasteiger partial charge in [0.2, 0.25) is 0 Å². The number of unbranched alkanes of at least 4 members (excludes halogenated alkanes) is 3. The van der Waals surface area contributed by atoms with Gasteiger partial charge in [-0.25, -0.2) is 9.97 Å². The van der Waals surface area contributed by atoms with Gasteiger partial charge in [0, 0.05) is 5.39 Å². The third kappa shape index (κ3) is 5.58. The molecule has 0 fully saturated rings. The van der Waals surface area contributed by atoms with E-state index >= 15 is 0 Å². The van der Waals surface area contributed by atoms with Crippen LogP contribution >= 0.6 is 0 Å². The molecular weight excluding hydrogens is 338 g/mol. The van der Waals surface area contributed by atoms with Gasteiger partial charge >= 0.3 is 0 Å². The SMILES string of the molecule is CCCCCCOc1ccccc1OCCNc1ncnc2ccccc12. The van der Waals surface area contributed by atoms with E-state index in [9.17, 15) is 0 Å². The van der Waals surface area contributed by atoms with Crippen molar-refractivity contribution in [2.75, 3.05) is 25.1 Å². The van der Waals surface area contributed by atoms with Gasteiger partial charge in [0.05, 0.1) is 18.7 Å². The molecule has 5 nitrogen and oxygen atoms in total. The van der Waals surface area contributed by atoms with Gasteiger partial charge in [0.25, 0.3) is 0 Å². The molecular formula is C22H27N3O2. The number of rotatable bonds is 11. The normalized spacial score (nSPS) is 10.7. The molecule has 1 N–H and O–H groups in total. The summed E-state index contributed by atoms with van der Waals surface area (Å²) in [5, 5.41) is 4.34. The molecule has 3 rings (SSSR count). The van der Waals surface area contributed by atoms with Crippen LogP contribution in [0.5, 0.6) is 11.5 Å². The van der Waals surface area contributed by atoms with Crippen molar-refractivity contribution in [1.29, 1.82) is 0 Å². The standard InChI is InChI=1S/C22H27N3O2/c1-2-3-4-9-15-26-20-12-7-8-13-21(20)27-16-14-23-22-18-10-5-6-11-19(18)24-17-25-22/h5-8,10-13,17H,2-4,9,14-16H2,1H3,(H,23,24,25). The molecule has 1 aromatic heterocycles. The van der Waals surface area contributed by atoms with Gasteiger partial charge in [-0.1, -0.05) is 50.5 Å². The average Bonchev–Trinajstić information content (AvgIpc) is 2.72. The van der Waals surface area contributed by atoms with Crippen molar-refractivity contribution >= 4 is 16.7 Å². The Kier molecular flexibility index (Phi) is 7.27. The van der Waals surface area contributed by atoms with Crippen LogP contribution in [0, 0.1) is 0 Å². The fourth-order valence-electron chi connectivity index (χ4n) is 2.88. The van der Waals surface area contributed by atoms with E-state index in [1.54, 1.807) is 6.33 Å². The quantitative estimate of drug-likeness (QED) is 0.480. The maximum atomic E-state index is 5.92. The largest absolute Gasteiger partial charge is 0.490 e. The zero-order valence-corrected chi connectivity index (χ0v) is 15.9. The predicted molar refractivity (Wildman–Crippen MR) is 110 cm³/mol. The molecule has 0 spiro atoms. The summed E-state index contributed by atoms with van der Waals surface area (Å²) in [4.78, 5) is 8.61. The molecule has 5 heteroatoms. The number of ether oxygens (including phenoxy) is 2. The fourth-order valence-corrected chi connectivity index (χ4v) is 2.88. The summed E-state index contributed by atoms with van der Waals surface area (Å²) in [5.74, 6) is 2.41. The molecule has 0 saturated carbocycles. The van der Waals surface area contributed by atoms with Crippen molar-refractivity contribution in [3.05, 3.63) is 54.9 Å². The second-order valence-corrected chi connectivity index (χ2v) is 6.37. The van der Waals surface area contributed by atoms with Crippen LogP contribution in [-0.2, 0) is 0 Å². The zero-order valence-electron chi connectivity index (χ0n) is 15.9. The molecule has 0 radical (unpaired) electrons. The highest BCUT2D eigenvalue weighted by Crippen LogP contribution is 2.26. The van der Waals surface area contributed by atoms with E-state index in [0.717, 1.165) is 41.2 Å². The Morgan fingerprint density at radius 1 is 0.815 bits per heavy atom. The fraction of sp³-hybridized carbons (Fsp3) is 0.364. The summed E-state index contributed by atoms with van der Waals surface area (Å²) >= 11 is 0. The van der Waals surface area contributed by atoms with Crippen molar-refractivity contribution < 1.29 is 9.47 Å². The minimum absolute atomic E-state index is 0.522. The average molecular weight is 365 g/mol. The molecule has 0 atom stereocenters. The smallest absolute Gasteiger partial charge is 0.161 e. The van der Waals surface area contributed by atoms with Crippen LogP contribution in [0.2, 0.25) is 0 Å². The summed E-state index contributed by atoms with van der Waals surface area (Å²) in [5.41, 5.74) is 0.928. The number of para-hydroxylation sites is 3. The predicted octanol–water partition coefficient (Wildman–Crippen LogP) is 5.08. The van der Waals surface area contributed by atoms with E-state index in [1.165, 1.54) is 19.3 Å². The van der Waals surface area contributed by atoms with E-state index in [2.05, 4.69) is 22.2 Å². The summed E-state index contributed by atoms with van der Waals surface area (Å²) in [6, 6.07) is 15.8. The van der Waals surface area contributed by atoms with Crippen LogP contribution in [0.1, 0.15) is 32.6 Å². The highest BCUT2D eigenvalue weighted by atomic mass is 16.5. The number of benzene rings is 2. The Balaban J connectivity index is 1.49. The first-order valence-corrected chi connectivity index (χ1v) is 9.66. The maximum Gasteiger partial charge on any atom is 0.161 e. The van der Waals surface area contributed by atoms with Gasteiger partial charge in [-0.2, -0.15) is 0 Å². The molecule has 0 unspecified atom stereocenters. The van der Waals surface area contributed by atoms with Crippen LogP contribution in [0.15, 0.2) is 54.9 Å². The summed E-state index contributed by atoms with van der Waals surface area (Å²) < 4.78 is 11.8. The lowest BCUT2D eigenvalue weighted by molar-refractivity contribution is 0.268. The van der Waals surface area contributed by atoms with Crippen molar-refractivity contribution in [2.24, 2.45) is 0 Å². The second kappa shape index (κ2) is 10.4.